The predicted octanol–water partition coefficient (Wildman–Crippen LogP) is 3.33. The van der Waals surface area contributed by atoms with Crippen molar-refractivity contribution in [2.24, 2.45) is 0 Å². The van der Waals surface area contributed by atoms with Crippen molar-refractivity contribution in [1.82, 2.24) is 14.7 Å². The molecule has 2 unspecified atom stereocenters. The molecule has 6 rings (SSSR count). The van der Waals surface area contributed by atoms with Crippen LogP contribution in [0.3, 0.4) is 0 Å². The Bertz CT molecular complexity index is 1110. The van der Waals surface area contributed by atoms with E-state index in [1.54, 1.807) is 4.90 Å². The predicted molar refractivity (Wildman–Crippen MR) is 142 cm³/mol. The molecule has 0 saturated carbocycles. The summed E-state index contributed by atoms with van der Waals surface area (Å²) in [7, 11) is 0. The summed E-state index contributed by atoms with van der Waals surface area (Å²) in [6, 6.07) is 15.4. The van der Waals surface area contributed by atoms with Crippen LogP contribution in [0.15, 0.2) is 42.5 Å². The van der Waals surface area contributed by atoms with Gasteiger partial charge in [-0.05, 0) is 61.9 Å². The second-order valence-corrected chi connectivity index (χ2v) is 11.1. The van der Waals surface area contributed by atoms with Crippen molar-refractivity contribution in [2.75, 3.05) is 39.3 Å². The maximum atomic E-state index is 13.4. The fraction of sp³-hybridized carbons (Fsp3) is 0.567. The molecule has 2 bridgehead atoms. The highest BCUT2D eigenvalue weighted by molar-refractivity contribution is 5.97. The van der Waals surface area contributed by atoms with Crippen LogP contribution >= 0.6 is 0 Å². The van der Waals surface area contributed by atoms with Gasteiger partial charge in [0, 0.05) is 44.3 Å². The van der Waals surface area contributed by atoms with Crippen LogP contribution < -0.4 is 9.47 Å². The monoisotopic (exact) mass is 505 g/mol. The highest BCUT2D eigenvalue weighted by Crippen LogP contribution is 2.38. The first-order valence-corrected chi connectivity index (χ1v) is 14.0. The van der Waals surface area contributed by atoms with Gasteiger partial charge in [-0.15, -0.1) is 0 Å². The first kappa shape index (κ1) is 24.7. The van der Waals surface area contributed by atoms with Crippen LogP contribution in [-0.2, 0) is 13.0 Å². The number of carbonyl (C=O) groups excluding carboxylic acids is 1. The van der Waals surface area contributed by atoms with Gasteiger partial charge in [-0.25, -0.2) is 0 Å². The summed E-state index contributed by atoms with van der Waals surface area (Å²) in [5.41, 5.74) is 3.27. The zero-order chi connectivity index (χ0) is 25.4. The molecule has 0 aliphatic carbocycles. The number of benzene rings is 2. The van der Waals surface area contributed by atoms with Crippen LogP contribution in [0.25, 0.3) is 0 Å². The number of hydrogen-bond donors (Lipinski definition) is 1. The molecule has 0 aromatic heterocycles. The Morgan fingerprint density at radius 3 is 2.62 bits per heavy atom. The number of hydrogen-bond acceptors (Lipinski definition) is 6. The van der Waals surface area contributed by atoms with E-state index in [2.05, 4.69) is 41.0 Å². The number of piperidine rings is 1. The molecule has 2 aromatic rings. The number of ether oxygens (including phenoxy) is 2. The summed E-state index contributed by atoms with van der Waals surface area (Å²) in [6.07, 6.45) is 5.27. The maximum Gasteiger partial charge on any atom is 0.257 e. The van der Waals surface area contributed by atoms with Gasteiger partial charge in [0.05, 0.1) is 18.2 Å². The molecule has 2 saturated heterocycles. The van der Waals surface area contributed by atoms with Gasteiger partial charge in [-0.3, -0.25) is 14.6 Å². The lowest BCUT2D eigenvalue weighted by atomic mass is 9.99. The quantitative estimate of drug-likeness (QED) is 0.623. The number of amides is 1. The van der Waals surface area contributed by atoms with Crippen molar-refractivity contribution < 1.29 is 19.4 Å². The summed E-state index contributed by atoms with van der Waals surface area (Å²) in [4.78, 5) is 20.0. The highest BCUT2D eigenvalue weighted by Gasteiger charge is 2.40. The Balaban J connectivity index is 1.06. The van der Waals surface area contributed by atoms with Crippen LogP contribution in [0.5, 0.6) is 11.5 Å². The minimum Gasteiger partial charge on any atom is -0.491 e. The van der Waals surface area contributed by atoms with E-state index in [0.29, 0.717) is 49.6 Å². The number of aliphatic hydroxyl groups excluding tert-OH is 1. The Morgan fingerprint density at radius 2 is 1.84 bits per heavy atom. The summed E-state index contributed by atoms with van der Waals surface area (Å²) in [5, 5.41) is 10.9. The molecule has 3 atom stereocenters. The Kier molecular flexibility index (Phi) is 7.10. The number of nitrogens with zero attached hydrogens (tertiary/aromatic N) is 3. The van der Waals surface area contributed by atoms with Crippen LogP contribution in [0.4, 0.5) is 0 Å². The molecule has 4 aliphatic rings. The third kappa shape index (κ3) is 5.22. The third-order valence-corrected chi connectivity index (χ3v) is 8.71. The minimum atomic E-state index is -0.609. The topological polar surface area (TPSA) is 65.5 Å². The first-order valence-electron chi connectivity index (χ1n) is 14.0. The molecule has 1 amide bonds. The summed E-state index contributed by atoms with van der Waals surface area (Å²) in [6.45, 7) is 6.86. The van der Waals surface area contributed by atoms with Crippen LogP contribution in [-0.4, -0.2) is 89.3 Å². The molecule has 7 heteroatoms. The van der Waals surface area contributed by atoms with Gasteiger partial charge in [-0.2, -0.15) is 0 Å². The van der Waals surface area contributed by atoms with Gasteiger partial charge in [0.1, 0.15) is 24.2 Å². The average Bonchev–Trinajstić information content (AvgIpc) is 3.05. The molecule has 2 aromatic carbocycles. The van der Waals surface area contributed by atoms with Crippen molar-refractivity contribution in [1.29, 1.82) is 0 Å². The van der Waals surface area contributed by atoms with Gasteiger partial charge in [-0.1, -0.05) is 31.2 Å². The number of carbonyl (C=O) groups is 1. The van der Waals surface area contributed by atoms with Crippen LogP contribution in [0.2, 0.25) is 0 Å². The molecular formula is C30H39N3O4. The van der Waals surface area contributed by atoms with Crippen molar-refractivity contribution in [3.8, 4) is 11.5 Å². The minimum absolute atomic E-state index is 0.0867. The van der Waals surface area contributed by atoms with Crippen LogP contribution in [0, 0.1) is 0 Å². The van der Waals surface area contributed by atoms with Gasteiger partial charge in [0.2, 0.25) is 0 Å². The van der Waals surface area contributed by atoms with Crippen molar-refractivity contribution in [2.45, 2.75) is 69.9 Å². The molecule has 2 fully saturated rings. The molecule has 4 aliphatic heterocycles. The van der Waals surface area contributed by atoms with Crippen LogP contribution in [0.1, 0.15) is 54.1 Å². The van der Waals surface area contributed by atoms with E-state index >= 15 is 0 Å². The first-order chi connectivity index (χ1) is 18.1. The Labute approximate surface area is 219 Å². The van der Waals surface area contributed by atoms with E-state index in [4.69, 9.17) is 9.47 Å². The van der Waals surface area contributed by atoms with Gasteiger partial charge in [0.15, 0.2) is 0 Å². The van der Waals surface area contributed by atoms with Crippen molar-refractivity contribution >= 4 is 5.91 Å². The fourth-order valence-electron chi connectivity index (χ4n) is 6.93. The number of β-amino-alcohol motifs (C(OH)–C–C–N with tert-alkyl or cyclic N) is 1. The zero-order valence-electron chi connectivity index (χ0n) is 21.8. The largest absolute Gasteiger partial charge is 0.491 e. The Morgan fingerprint density at radius 1 is 1.05 bits per heavy atom. The third-order valence-electron chi connectivity index (χ3n) is 8.71. The molecule has 198 valence electrons. The zero-order valence-corrected chi connectivity index (χ0v) is 21.8. The molecule has 1 N–H and O–H groups in total. The smallest absolute Gasteiger partial charge is 0.257 e. The van der Waals surface area contributed by atoms with Crippen molar-refractivity contribution in [3.05, 3.63) is 59.2 Å². The number of aliphatic hydroxyl groups is 1. The Hall–Kier alpha value is -2.61. The normalized spacial score (nSPS) is 26.7. The summed E-state index contributed by atoms with van der Waals surface area (Å²) >= 11 is 0. The lowest BCUT2D eigenvalue weighted by Gasteiger charge is -2.38. The van der Waals surface area contributed by atoms with Gasteiger partial charge >= 0.3 is 0 Å². The van der Waals surface area contributed by atoms with Gasteiger partial charge < -0.3 is 19.5 Å². The van der Waals surface area contributed by atoms with E-state index in [9.17, 15) is 9.90 Å². The highest BCUT2D eigenvalue weighted by atomic mass is 16.5. The number of fused-ring (bicyclic) bond motifs is 4. The lowest BCUT2D eigenvalue weighted by molar-refractivity contribution is 0.0501. The fourth-order valence-corrected chi connectivity index (χ4v) is 6.93. The maximum absolute atomic E-state index is 13.4. The van der Waals surface area contributed by atoms with E-state index < -0.39 is 6.10 Å². The summed E-state index contributed by atoms with van der Waals surface area (Å²) in [5.74, 6) is 1.28. The standard InChI is InChI=1S/C30H39N3O4/c1-2-33-23-7-8-24(33)16-27(15-23)37-26-9-10-28-29(17-26)36-14-13-32(30(28)35)20-25(34)19-31-12-11-21-5-3-4-6-22(21)18-31/h3-6,9-10,17,23-25,27,34H,2,7-8,11-16,18-20H2,1H3/t23?,24?,25-,27?/m1/s1. The van der Waals surface area contributed by atoms with Gasteiger partial charge in [0.25, 0.3) is 5.91 Å². The molecule has 0 spiro atoms. The molecular weight excluding hydrogens is 466 g/mol. The van der Waals surface area contributed by atoms with Crippen molar-refractivity contribution in [3.63, 3.8) is 0 Å². The molecule has 37 heavy (non-hydrogen) atoms. The molecule has 0 radical (unpaired) electrons. The average molecular weight is 506 g/mol. The lowest BCUT2D eigenvalue weighted by Crippen LogP contribution is -2.46. The van der Waals surface area contributed by atoms with E-state index in [-0.39, 0.29) is 12.0 Å². The van der Waals surface area contributed by atoms with E-state index in [1.165, 1.54) is 24.0 Å². The SMILES string of the molecule is CCN1C2CCC1CC(Oc1ccc3c(c1)OCCN(C[C@H](O)CN1CCc4ccccc4C1)C3=O)C2. The number of rotatable bonds is 7. The van der Waals surface area contributed by atoms with E-state index in [0.717, 1.165) is 44.6 Å². The second kappa shape index (κ2) is 10.6. The second-order valence-electron chi connectivity index (χ2n) is 11.1. The summed E-state index contributed by atoms with van der Waals surface area (Å²) < 4.78 is 12.4. The molecule has 7 nitrogen and oxygen atoms in total. The van der Waals surface area contributed by atoms with E-state index in [1.807, 2.05) is 18.2 Å². The molecule has 4 heterocycles.